The van der Waals surface area contributed by atoms with E-state index in [1.165, 1.54) is 4.90 Å². The zero-order valence-corrected chi connectivity index (χ0v) is 19.6. The highest BCUT2D eigenvalue weighted by atomic mass is 16.5. The molecule has 0 saturated carbocycles. The van der Waals surface area contributed by atoms with Crippen LogP contribution in [-0.4, -0.2) is 74.5 Å². The van der Waals surface area contributed by atoms with Gasteiger partial charge in [0, 0.05) is 51.3 Å². The average molecular weight is 466 g/mol. The van der Waals surface area contributed by atoms with Gasteiger partial charge < -0.3 is 14.4 Å². The summed E-state index contributed by atoms with van der Waals surface area (Å²) in [7, 11) is 3.42. The van der Waals surface area contributed by atoms with Crippen LogP contribution in [-0.2, 0) is 11.8 Å². The van der Waals surface area contributed by atoms with E-state index in [1.807, 2.05) is 26.2 Å². The summed E-state index contributed by atoms with van der Waals surface area (Å²) >= 11 is 0. The Morgan fingerprint density at radius 3 is 2.79 bits per heavy atom. The van der Waals surface area contributed by atoms with E-state index < -0.39 is 6.03 Å². The number of methoxy groups -OCH3 is 1. The van der Waals surface area contributed by atoms with Crippen molar-refractivity contribution >= 4 is 17.9 Å². The molecule has 0 unspecified atom stereocenters. The fourth-order valence-corrected chi connectivity index (χ4v) is 3.70. The maximum absolute atomic E-state index is 12.7. The van der Waals surface area contributed by atoms with Crippen LogP contribution in [0.1, 0.15) is 12.6 Å². The van der Waals surface area contributed by atoms with Gasteiger partial charge in [0.2, 0.25) is 0 Å². The predicted octanol–water partition coefficient (Wildman–Crippen LogP) is 3.28. The molecule has 1 atom stereocenters. The van der Waals surface area contributed by atoms with E-state index in [4.69, 9.17) is 9.47 Å². The minimum absolute atomic E-state index is 0.112. The number of nitrogens with zero attached hydrogens (tertiary/aromatic N) is 6. The molecule has 3 aromatic heterocycles. The molecule has 0 spiro atoms. The van der Waals surface area contributed by atoms with E-state index in [-0.39, 0.29) is 12.1 Å². The van der Waals surface area contributed by atoms with Crippen LogP contribution in [0, 0.1) is 6.92 Å². The molecule has 11 heteroatoms. The summed E-state index contributed by atoms with van der Waals surface area (Å²) in [4.78, 5) is 36.8. The first kappa shape index (κ1) is 23.2. The molecule has 4 heterocycles. The number of carbonyl (C=O) groups excluding carboxylic acids is 2. The van der Waals surface area contributed by atoms with Gasteiger partial charge >= 0.3 is 12.1 Å². The third-order valence-electron chi connectivity index (χ3n) is 5.46. The van der Waals surface area contributed by atoms with E-state index >= 15 is 0 Å². The van der Waals surface area contributed by atoms with Crippen LogP contribution in [0.5, 0.6) is 11.5 Å². The van der Waals surface area contributed by atoms with Gasteiger partial charge in [0.15, 0.2) is 0 Å². The maximum atomic E-state index is 12.7. The Hall–Kier alpha value is -3.99. The van der Waals surface area contributed by atoms with E-state index in [2.05, 4.69) is 20.4 Å². The van der Waals surface area contributed by atoms with Gasteiger partial charge in [-0.15, -0.1) is 0 Å². The van der Waals surface area contributed by atoms with Crippen LogP contribution in [0.4, 0.5) is 15.4 Å². The molecule has 4 amide bonds. The second kappa shape index (κ2) is 9.87. The van der Waals surface area contributed by atoms with E-state index in [0.717, 1.165) is 11.3 Å². The number of imide groups is 1. The minimum atomic E-state index is -0.520. The number of hydrogen-bond acceptors (Lipinski definition) is 7. The second-order valence-corrected chi connectivity index (χ2v) is 8.02. The van der Waals surface area contributed by atoms with E-state index in [1.54, 1.807) is 54.2 Å². The third-order valence-corrected chi connectivity index (χ3v) is 5.46. The molecule has 1 saturated heterocycles. The summed E-state index contributed by atoms with van der Waals surface area (Å²) in [6, 6.07) is 5.95. The van der Waals surface area contributed by atoms with Crippen molar-refractivity contribution in [1.29, 1.82) is 0 Å². The molecule has 1 aliphatic rings. The van der Waals surface area contributed by atoms with Gasteiger partial charge in [-0.05, 0) is 32.0 Å². The quantitative estimate of drug-likeness (QED) is 0.569. The highest BCUT2D eigenvalue weighted by Gasteiger charge is 2.35. The van der Waals surface area contributed by atoms with Gasteiger partial charge in [-0.25, -0.2) is 19.5 Å². The summed E-state index contributed by atoms with van der Waals surface area (Å²) in [6.45, 7) is 4.84. The Morgan fingerprint density at radius 2 is 2.09 bits per heavy atom. The van der Waals surface area contributed by atoms with E-state index in [9.17, 15) is 9.59 Å². The van der Waals surface area contributed by atoms with Gasteiger partial charge in [0.1, 0.15) is 17.3 Å². The summed E-state index contributed by atoms with van der Waals surface area (Å²) in [5.74, 6) is 1.47. The number of carbonyl (C=O) groups is 2. The minimum Gasteiger partial charge on any atom is -0.455 e. The first-order valence-electron chi connectivity index (χ1n) is 10.8. The first-order valence-corrected chi connectivity index (χ1v) is 10.8. The van der Waals surface area contributed by atoms with Crippen LogP contribution < -0.4 is 10.1 Å². The van der Waals surface area contributed by atoms with Crippen molar-refractivity contribution in [2.45, 2.75) is 19.9 Å². The van der Waals surface area contributed by atoms with Crippen molar-refractivity contribution in [2.24, 2.45) is 7.05 Å². The number of urea groups is 2. The molecule has 4 rings (SSSR count). The summed E-state index contributed by atoms with van der Waals surface area (Å²) < 4.78 is 12.8. The molecule has 0 radical (unpaired) electrons. The number of aromatic nitrogens is 4. The van der Waals surface area contributed by atoms with Crippen LogP contribution in [0.2, 0.25) is 0 Å². The van der Waals surface area contributed by atoms with Crippen LogP contribution in [0.15, 0.2) is 42.9 Å². The molecular formula is C23H27N7O4. The van der Waals surface area contributed by atoms with Crippen molar-refractivity contribution in [3.63, 3.8) is 0 Å². The monoisotopic (exact) mass is 465 g/mol. The van der Waals surface area contributed by atoms with Gasteiger partial charge in [-0.3, -0.25) is 15.0 Å². The number of nitrogens with one attached hydrogen (secondary N) is 1. The molecule has 0 bridgehead atoms. The lowest BCUT2D eigenvalue weighted by Gasteiger charge is -2.23. The van der Waals surface area contributed by atoms with Gasteiger partial charge in [-0.2, -0.15) is 5.10 Å². The van der Waals surface area contributed by atoms with Gasteiger partial charge in [-0.1, -0.05) is 0 Å². The lowest BCUT2D eigenvalue weighted by atomic mass is 10.2. The first-order chi connectivity index (χ1) is 16.4. The molecule has 3 aromatic rings. The number of anilines is 1. The number of amides is 4. The third kappa shape index (κ3) is 4.99. The zero-order valence-electron chi connectivity index (χ0n) is 19.6. The maximum Gasteiger partial charge on any atom is 0.331 e. The lowest BCUT2D eigenvalue weighted by molar-refractivity contribution is 0.120. The van der Waals surface area contributed by atoms with E-state index in [0.29, 0.717) is 42.7 Å². The van der Waals surface area contributed by atoms with Crippen molar-refractivity contribution in [2.75, 3.05) is 32.1 Å². The fraction of sp³-hybridized carbons (Fsp3) is 0.348. The van der Waals surface area contributed by atoms with Crippen molar-refractivity contribution < 1.29 is 19.1 Å². The SMILES string of the molecule is COC[C@H](C)N1CCN(C(=O)Nc2ccc(Oc3ccnc(-c4cnn(C)c4)c3)c(C)n2)C1=O. The van der Waals surface area contributed by atoms with Gasteiger partial charge in [0.25, 0.3) is 0 Å². The summed E-state index contributed by atoms with van der Waals surface area (Å²) in [5.41, 5.74) is 2.21. The average Bonchev–Trinajstić information content (AvgIpc) is 3.42. The Kier molecular flexibility index (Phi) is 6.73. The highest BCUT2D eigenvalue weighted by molar-refractivity contribution is 6.01. The molecule has 1 fully saturated rings. The molecule has 34 heavy (non-hydrogen) atoms. The smallest absolute Gasteiger partial charge is 0.331 e. The van der Waals surface area contributed by atoms with Crippen molar-refractivity contribution in [1.82, 2.24) is 29.5 Å². The predicted molar refractivity (Wildman–Crippen MR) is 125 cm³/mol. The van der Waals surface area contributed by atoms with Crippen molar-refractivity contribution in [3.8, 4) is 22.8 Å². The standard InChI is InChI=1S/C23H27N7O4/c1-15(14-33-4)29-9-10-30(23(29)32)22(31)27-21-6-5-20(16(2)26-21)34-18-7-8-24-19(11-18)17-12-25-28(3)13-17/h5-8,11-13,15H,9-10,14H2,1-4H3,(H,26,27,31)/t15-/m0/s1. The Morgan fingerprint density at radius 1 is 1.26 bits per heavy atom. The van der Waals surface area contributed by atoms with Crippen LogP contribution in [0.25, 0.3) is 11.3 Å². The Balaban J connectivity index is 1.41. The number of ether oxygens (including phenoxy) is 2. The Labute approximate surface area is 197 Å². The fourth-order valence-electron chi connectivity index (χ4n) is 3.70. The molecule has 11 nitrogen and oxygen atoms in total. The van der Waals surface area contributed by atoms with Crippen molar-refractivity contribution in [3.05, 3.63) is 48.5 Å². The molecule has 1 N–H and O–H groups in total. The lowest BCUT2D eigenvalue weighted by Crippen LogP contribution is -2.43. The summed E-state index contributed by atoms with van der Waals surface area (Å²) in [5, 5.41) is 6.86. The zero-order chi connectivity index (χ0) is 24.2. The number of aryl methyl sites for hydroxylation is 2. The summed E-state index contributed by atoms with van der Waals surface area (Å²) in [6.07, 6.45) is 5.27. The van der Waals surface area contributed by atoms with Gasteiger partial charge in [0.05, 0.1) is 30.2 Å². The molecule has 0 aromatic carbocycles. The molecule has 0 aliphatic carbocycles. The molecule has 1 aliphatic heterocycles. The largest absolute Gasteiger partial charge is 0.455 e. The molecular weight excluding hydrogens is 438 g/mol. The number of rotatable bonds is 7. The molecule has 178 valence electrons. The highest BCUT2D eigenvalue weighted by Crippen LogP contribution is 2.28. The number of pyridine rings is 2. The second-order valence-electron chi connectivity index (χ2n) is 8.02. The Bertz CT molecular complexity index is 1200. The van der Waals surface area contributed by atoms with Crippen LogP contribution in [0.3, 0.4) is 0 Å². The number of hydrogen-bond donors (Lipinski definition) is 1. The normalized spacial score (nSPS) is 14.4. The van der Waals surface area contributed by atoms with Crippen LogP contribution >= 0.6 is 0 Å². The topological polar surface area (TPSA) is 115 Å².